The largest absolute Gasteiger partial charge is 0.497 e. The quantitative estimate of drug-likeness (QED) is 0.895. The summed E-state index contributed by atoms with van der Waals surface area (Å²) in [6.07, 6.45) is 0.853. The van der Waals surface area contributed by atoms with Gasteiger partial charge in [-0.1, -0.05) is 0 Å². The standard InChI is InChI=1S/C14H19N3O/c1-10-13(8-9-15)17(2)16-14(10)11-4-6-12(18-3)7-5-11/h4-7H,8-9,15H2,1-3H3. The van der Waals surface area contributed by atoms with E-state index in [9.17, 15) is 0 Å². The van der Waals surface area contributed by atoms with Gasteiger partial charge >= 0.3 is 0 Å². The minimum atomic E-state index is 0.641. The molecule has 0 saturated heterocycles. The molecule has 2 aromatic rings. The summed E-state index contributed by atoms with van der Waals surface area (Å²) in [7, 11) is 3.63. The Morgan fingerprint density at radius 1 is 1.28 bits per heavy atom. The molecular formula is C14H19N3O. The highest BCUT2D eigenvalue weighted by atomic mass is 16.5. The van der Waals surface area contributed by atoms with E-state index >= 15 is 0 Å². The Morgan fingerprint density at radius 3 is 2.50 bits per heavy atom. The number of nitrogens with zero attached hydrogens (tertiary/aromatic N) is 2. The molecule has 0 fully saturated rings. The highest BCUT2D eigenvalue weighted by molar-refractivity contribution is 5.64. The zero-order valence-electron chi connectivity index (χ0n) is 11.1. The lowest BCUT2D eigenvalue weighted by Crippen LogP contribution is -2.08. The van der Waals surface area contributed by atoms with E-state index in [1.54, 1.807) is 7.11 Å². The lowest BCUT2D eigenvalue weighted by atomic mass is 10.1. The second kappa shape index (κ2) is 5.23. The third kappa shape index (κ3) is 2.24. The zero-order valence-corrected chi connectivity index (χ0v) is 11.1. The predicted octanol–water partition coefficient (Wildman–Crippen LogP) is 1.91. The van der Waals surface area contributed by atoms with Gasteiger partial charge in [0.15, 0.2) is 0 Å². The number of methoxy groups -OCH3 is 1. The molecule has 0 radical (unpaired) electrons. The van der Waals surface area contributed by atoms with Crippen molar-refractivity contribution in [1.82, 2.24) is 9.78 Å². The summed E-state index contributed by atoms with van der Waals surface area (Å²) >= 11 is 0. The molecular weight excluding hydrogens is 226 g/mol. The molecule has 0 aliphatic rings. The van der Waals surface area contributed by atoms with Crippen LogP contribution in [0, 0.1) is 6.92 Å². The smallest absolute Gasteiger partial charge is 0.118 e. The average Bonchev–Trinajstić information content (AvgIpc) is 2.67. The van der Waals surface area contributed by atoms with E-state index in [1.807, 2.05) is 36.0 Å². The van der Waals surface area contributed by atoms with Crippen LogP contribution in [0.15, 0.2) is 24.3 Å². The van der Waals surface area contributed by atoms with Crippen LogP contribution in [0.2, 0.25) is 0 Å². The van der Waals surface area contributed by atoms with Gasteiger partial charge < -0.3 is 10.5 Å². The predicted molar refractivity (Wildman–Crippen MR) is 72.7 cm³/mol. The van der Waals surface area contributed by atoms with Gasteiger partial charge in [0, 0.05) is 24.7 Å². The van der Waals surface area contributed by atoms with Gasteiger partial charge in [-0.25, -0.2) is 0 Å². The Morgan fingerprint density at radius 2 is 1.94 bits per heavy atom. The Labute approximate surface area is 107 Å². The van der Waals surface area contributed by atoms with Crippen LogP contribution in [-0.4, -0.2) is 23.4 Å². The molecule has 0 spiro atoms. The van der Waals surface area contributed by atoms with Gasteiger partial charge in [-0.15, -0.1) is 0 Å². The topological polar surface area (TPSA) is 53.1 Å². The molecule has 96 valence electrons. The lowest BCUT2D eigenvalue weighted by Gasteiger charge is -2.02. The van der Waals surface area contributed by atoms with Crippen LogP contribution < -0.4 is 10.5 Å². The van der Waals surface area contributed by atoms with Crippen molar-refractivity contribution in [2.24, 2.45) is 12.8 Å². The number of hydrogen-bond acceptors (Lipinski definition) is 3. The Hall–Kier alpha value is -1.81. The number of nitrogens with two attached hydrogens (primary N) is 1. The molecule has 0 saturated carbocycles. The molecule has 0 aliphatic carbocycles. The first-order valence-corrected chi connectivity index (χ1v) is 6.04. The maximum atomic E-state index is 5.63. The molecule has 1 aromatic heterocycles. The number of hydrogen-bond donors (Lipinski definition) is 1. The van der Waals surface area contributed by atoms with Gasteiger partial charge in [0.25, 0.3) is 0 Å². The van der Waals surface area contributed by atoms with Gasteiger partial charge in [-0.2, -0.15) is 5.10 Å². The minimum Gasteiger partial charge on any atom is -0.497 e. The Kier molecular flexibility index (Phi) is 3.67. The van der Waals surface area contributed by atoms with E-state index in [0.29, 0.717) is 6.54 Å². The Bertz CT molecular complexity index is 529. The molecule has 2 N–H and O–H groups in total. The second-order valence-corrected chi connectivity index (χ2v) is 4.31. The highest BCUT2D eigenvalue weighted by Gasteiger charge is 2.13. The summed E-state index contributed by atoms with van der Waals surface area (Å²) in [6.45, 7) is 2.74. The maximum Gasteiger partial charge on any atom is 0.118 e. The van der Waals surface area contributed by atoms with Gasteiger partial charge in [-0.3, -0.25) is 4.68 Å². The fourth-order valence-corrected chi connectivity index (χ4v) is 2.17. The van der Waals surface area contributed by atoms with Crippen molar-refractivity contribution in [3.8, 4) is 17.0 Å². The summed E-state index contributed by atoms with van der Waals surface area (Å²) in [5, 5.41) is 4.57. The lowest BCUT2D eigenvalue weighted by molar-refractivity contribution is 0.415. The van der Waals surface area contributed by atoms with Crippen LogP contribution in [0.1, 0.15) is 11.3 Å². The fourth-order valence-electron chi connectivity index (χ4n) is 2.17. The summed E-state index contributed by atoms with van der Waals surface area (Å²) in [5.41, 5.74) is 10.1. The van der Waals surface area contributed by atoms with Crippen LogP contribution >= 0.6 is 0 Å². The molecule has 2 rings (SSSR count). The molecule has 4 nitrogen and oxygen atoms in total. The summed E-state index contributed by atoms with van der Waals surface area (Å²) in [4.78, 5) is 0. The number of aryl methyl sites for hydroxylation is 1. The maximum absolute atomic E-state index is 5.63. The molecule has 0 unspecified atom stereocenters. The van der Waals surface area contributed by atoms with Crippen molar-refractivity contribution in [3.63, 3.8) is 0 Å². The molecule has 0 aliphatic heterocycles. The molecule has 4 heteroatoms. The van der Waals surface area contributed by atoms with E-state index in [2.05, 4.69) is 12.0 Å². The number of ether oxygens (including phenoxy) is 1. The third-order valence-electron chi connectivity index (χ3n) is 3.17. The molecule has 0 amide bonds. The van der Waals surface area contributed by atoms with E-state index < -0.39 is 0 Å². The van der Waals surface area contributed by atoms with Crippen molar-refractivity contribution in [2.45, 2.75) is 13.3 Å². The van der Waals surface area contributed by atoms with Crippen LogP contribution in [0.4, 0.5) is 0 Å². The van der Waals surface area contributed by atoms with Crippen molar-refractivity contribution in [2.75, 3.05) is 13.7 Å². The molecule has 0 bridgehead atoms. The van der Waals surface area contributed by atoms with Gasteiger partial charge in [-0.05, 0) is 43.3 Å². The first-order valence-electron chi connectivity index (χ1n) is 6.04. The van der Waals surface area contributed by atoms with Gasteiger partial charge in [0.2, 0.25) is 0 Å². The van der Waals surface area contributed by atoms with Crippen molar-refractivity contribution >= 4 is 0 Å². The fraction of sp³-hybridized carbons (Fsp3) is 0.357. The summed E-state index contributed by atoms with van der Waals surface area (Å²) in [5.74, 6) is 0.856. The van der Waals surface area contributed by atoms with E-state index in [0.717, 1.165) is 23.4 Å². The normalized spacial score (nSPS) is 10.7. The van der Waals surface area contributed by atoms with Crippen LogP contribution in [0.25, 0.3) is 11.3 Å². The van der Waals surface area contributed by atoms with Crippen molar-refractivity contribution in [1.29, 1.82) is 0 Å². The number of rotatable bonds is 4. The van der Waals surface area contributed by atoms with Crippen molar-refractivity contribution in [3.05, 3.63) is 35.5 Å². The monoisotopic (exact) mass is 245 g/mol. The average molecular weight is 245 g/mol. The first-order chi connectivity index (χ1) is 8.67. The van der Waals surface area contributed by atoms with Gasteiger partial charge in [0.05, 0.1) is 12.8 Å². The SMILES string of the molecule is COc1ccc(-c2nn(C)c(CCN)c2C)cc1. The molecule has 18 heavy (non-hydrogen) atoms. The van der Waals surface area contributed by atoms with Gasteiger partial charge in [0.1, 0.15) is 5.75 Å². The van der Waals surface area contributed by atoms with E-state index in [-0.39, 0.29) is 0 Å². The Balaban J connectivity index is 2.40. The molecule has 0 atom stereocenters. The highest BCUT2D eigenvalue weighted by Crippen LogP contribution is 2.26. The van der Waals surface area contributed by atoms with Crippen LogP contribution in [-0.2, 0) is 13.5 Å². The molecule has 1 aromatic carbocycles. The second-order valence-electron chi connectivity index (χ2n) is 4.31. The number of benzene rings is 1. The first kappa shape index (κ1) is 12.6. The summed E-state index contributed by atoms with van der Waals surface area (Å²) in [6, 6.07) is 7.96. The van der Waals surface area contributed by atoms with E-state index in [4.69, 9.17) is 10.5 Å². The van der Waals surface area contributed by atoms with Crippen LogP contribution in [0.3, 0.4) is 0 Å². The van der Waals surface area contributed by atoms with Crippen LogP contribution in [0.5, 0.6) is 5.75 Å². The molecule has 1 heterocycles. The number of aromatic nitrogens is 2. The van der Waals surface area contributed by atoms with Crippen molar-refractivity contribution < 1.29 is 4.74 Å². The minimum absolute atomic E-state index is 0.641. The zero-order chi connectivity index (χ0) is 13.1. The summed E-state index contributed by atoms with van der Waals surface area (Å²) < 4.78 is 7.08. The van der Waals surface area contributed by atoms with E-state index in [1.165, 1.54) is 11.3 Å². The third-order valence-corrected chi connectivity index (χ3v) is 3.17.